The van der Waals surface area contributed by atoms with E-state index in [0.717, 1.165) is 19.1 Å². The first-order valence-corrected chi connectivity index (χ1v) is 10.7. The van der Waals surface area contributed by atoms with E-state index in [-0.39, 0.29) is 42.3 Å². The minimum Gasteiger partial charge on any atom is -0.493 e. The molecule has 1 aliphatic carbocycles. The maximum atomic E-state index is 12.1. The Morgan fingerprint density at radius 2 is 1.85 bits per heavy atom. The van der Waals surface area contributed by atoms with Gasteiger partial charge in [0.15, 0.2) is 9.84 Å². The molecule has 1 aromatic rings. The Balaban J connectivity index is 0.00000338. The summed E-state index contributed by atoms with van der Waals surface area (Å²) < 4.78 is 28.3. The molecule has 3 N–H and O–H groups in total. The van der Waals surface area contributed by atoms with Crippen molar-refractivity contribution in [3.8, 4) is 5.75 Å². The molecule has 0 heterocycles. The number of nitrogens with two attached hydrogens (primary N) is 1. The van der Waals surface area contributed by atoms with E-state index in [0.29, 0.717) is 18.2 Å². The van der Waals surface area contributed by atoms with Crippen molar-refractivity contribution in [2.75, 3.05) is 19.4 Å². The SMILES string of the molecule is CS(=O)(=O)c1ccc(OCCC(=O)NC(CN)C2CCCCC2)cc1.Cl. The summed E-state index contributed by atoms with van der Waals surface area (Å²) in [4.78, 5) is 12.4. The molecule has 0 saturated heterocycles. The molecule has 1 saturated carbocycles. The molecule has 148 valence electrons. The summed E-state index contributed by atoms with van der Waals surface area (Å²) in [5.41, 5.74) is 5.83. The highest BCUT2D eigenvalue weighted by Crippen LogP contribution is 2.26. The summed E-state index contributed by atoms with van der Waals surface area (Å²) in [5, 5.41) is 3.03. The second-order valence-corrected chi connectivity index (χ2v) is 8.67. The minimum absolute atomic E-state index is 0. The van der Waals surface area contributed by atoms with Gasteiger partial charge in [-0.1, -0.05) is 19.3 Å². The predicted octanol–water partition coefficient (Wildman–Crippen LogP) is 2.30. The fourth-order valence-corrected chi connectivity index (χ4v) is 3.86. The van der Waals surface area contributed by atoms with Gasteiger partial charge in [-0.25, -0.2) is 8.42 Å². The van der Waals surface area contributed by atoms with Crippen LogP contribution in [0.1, 0.15) is 38.5 Å². The number of nitrogens with one attached hydrogen (secondary N) is 1. The lowest BCUT2D eigenvalue weighted by molar-refractivity contribution is -0.122. The van der Waals surface area contributed by atoms with Crippen molar-refractivity contribution in [3.63, 3.8) is 0 Å². The van der Waals surface area contributed by atoms with Crippen molar-refractivity contribution in [2.24, 2.45) is 11.7 Å². The van der Waals surface area contributed by atoms with Gasteiger partial charge in [0, 0.05) is 18.8 Å². The molecule has 2 rings (SSSR count). The van der Waals surface area contributed by atoms with Crippen LogP contribution in [0.2, 0.25) is 0 Å². The van der Waals surface area contributed by atoms with Crippen molar-refractivity contribution in [3.05, 3.63) is 24.3 Å². The number of carbonyl (C=O) groups is 1. The van der Waals surface area contributed by atoms with Crippen LogP contribution in [-0.4, -0.2) is 39.8 Å². The van der Waals surface area contributed by atoms with Crippen molar-refractivity contribution in [2.45, 2.75) is 49.5 Å². The lowest BCUT2D eigenvalue weighted by Crippen LogP contribution is -2.46. The first-order valence-electron chi connectivity index (χ1n) is 8.82. The van der Waals surface area contributed by atoms with Gasteiger partial charge in [-0.2, -0.15) is 0 Å². The van der Waals surface area contributed by atoms with Crippen LogP contribution in [-0.2, 0) is 14.6 Å². The molecule has 1 fully saturated rings. The van der Waals surface area contributed by atoms with E-state index in [9.17, 15) is 13.2 Å². The smallest absolute Gasteiger partial charge is 0.223 e. The van der Waals surface area contributed by atoms with Crippen LogP contribution in [0.4, 0.5) is 0 Å². The third-order valence-corrected chi connectivity index (χ3v) is 5.80. The van der Waals surface area contributed by atoms with Gasteiger partial charge in [-0.15, -0.1) is 12.4 Å². The Morgan fingerprint density at radius 1 is 1.23 bits per heavy atom. The first kappa shape index (κ1) is 22.7. The van der Waals surface area contributed by atoms with E-state index in [1.807, 2.05) is 0 Å². The molecular formula is C18H29ClN2O4S. The van der Waals surface area contributed by atoms with Crippen molar-refractivity contribution < 1.29 is 17.9 Å². The van der Waals surface area contributed by atoms with Gasteiger partial charge in [0.1, 0.15) is 5.75 Å². The minimum atomic E-state index is -3.21. The van der Waals surface area contributed by atoms with Crippen molar-refractivity contribution in [1.82, 2.24) is 5.32 Å². The van der Waals surface area contributed by atoms with Crippen LogP contribution >= 0.6 is 12.4 Å². The maximum absolute atomic E-state index is 12.1. The van der Waals surface area contributed by atoms with E-state index in [1.165, 1.54) is 31.4 Å². The lowest BCUT2D eigenvalue weighted by atomic mass is 9.84. The molecule has 1 aromatic carbocycles. The van der Waals surface area contributed by atoms with Gasteiger partial charge in [0.2, 0.25) is 5.91 Å². The van der Waals surface area contributed by atoms with E-state index >= 15 is 0 Å². The molecule has 8 heteroatoms. The van der Waals surface area contributed by atoms with Crippen LogP contribution in [0, 0.1) is 5.92 Å². The zero-order valence-electron chi connectivity index (χ0n) is 15.1. The summed E-state index contributed by atoms with van der Waals surface area (Å²) in [6.07, 6.45) is 7.36. The average Bonchev–Trinajstić information content (AvgIpc) is 2.60. The quantitative estimate of drug-likeness (QED) is 0.692. The average molecular weight is 405 g/mol. The van der Waals surface area contributed by atoms with Gasteiger partial charge in [0.05, 0.1) is 17.9 Å². The van der Waals surface area contributed by atoms with Crippen LogP contribution in [0.25, 0.3) is 0 Å². The second kappa shape index (κ2) is 10.7. The molecule has 1 aliphatic rings. The van der Waals surface area contributed by atoms with Gasteiger partial charge in [-0.05, 0) is 43.0 Å². The molecule has 1 amide bonds. The molecule has 6 nitrogen and oxygen atoms in total. The Bertz CT molecular complexity index is 658. The summed E-state index contributed by atoms with van der Waals surface area (Å²) in [6.45, 7) is 0.705. The summed E-state index contributed by atoms with van der Waals surface area (Å²) >= 11 is 0. The topological polar surface area (TPSA) is 98.5 Å². The molecule has 0 spiro atoms. The summed E-state index contributed by atoms with van der Waals surface area (Å²) in [7, 11) is -3.21. The second-order valence-electron chi connectivity index (χ2n) is 6.65. The van der Waals surface area contributed by atoms with Crippen molar-refractivity contribution >= 4 is 28.2 Å². The molecule has 0 aromatic heterocycles. The number of hydrogen-bond donors (Lipinski definition) is 2. The highest BCUT2D eigenvalue weighted by molar-refractivity contribution is 7.90. The van der Waals surface area contributed by atoms with E-state index in [1.54, 1.807) is 12.1 Å². The van der Waals surface area contributed by atoms with Crippen LogP contribution in [0.15, 0.2) is 29.2 Å². The van der Waals surface area contributed by atoms with Crippen molar-refractivity contribution in [1.29, 1.82) is 0 Å². The van der Waals surface area contributed by atoms with E-state index in [4.69, 9.17) is 10.5 Å². The number of sulfone groups is 1. The molecule has 0 radical (unpaired) electrons. The number of halogens is 1. The molecule has 0 aliphatic heterocycles. The molecule has 0 bridgehead atoms. The number of rotatable bonds is 8. The number of carbonyl (C=O) groups excluding carboxylic acids is 1. The molecule has 26 heavy (non-hydrogen) atoms. The van der Waals surface area contributed by atoms with E-state index in [2.05, 4.69) is 5.32 Å². The van der Waals surface area contributed by atoms with Crippen LogP contribution in [0.5, 0.6) is 5.75 Å². The highest BCUT2D eigenvalue weighted by atomic mass is 35.5. The third kappa shape index (κ3) is 7.13. The van der Waals surface area contributed by atoms with Crippen LogP contribution in [0.3, 0.4) is 0 Å². The first-order chi connectivity index (χ1) is 11.9. The monoisotopic (exact) mass is 404 g/mol. The largest absolute Gasteiger partial charge is 0.493 e. The van der Waals surface area contributed by atoms with Crippen LogP contribution < -0.4 is 15.8 Å². The summed E-state index contributed by atoms with van der Waals surface area (Å²) in [6, 6.07) is 6.23. The fourth-order valence-electron chi connectivity index (χ4n) is 3.23. The van der Waals surface area contributed by atoms with E-state index < -0.39 is 9.84 Å². The highest BCUT2D eigenvalue weighted by Gasteiger charge is 2.23. The normalized spacial score (nSPS) is 16.4. The zero-order valence-corrected chi connectivity index (χ0v) is 16.8. The molecule has 1 unspecified atom stereocenters. The Morgan fingerprint density at radius 3 is 2.38 bits per heavy atom. The van der Waals surface area contributed by atoms with Gasteiger partial charge in [0.25, 0.3) is 0 Å². The zero-order chi connectivity index (χ0) is 18.3. The number of benzene rings is 1. The Hall–Kier alpha value is -1.31. The van der Waals surface area contributed by atoms with Gasteiger partial charge >= 0.3 is 0 Å². The maximum Gasteiger partial charge on any atom is 0.223 e. The summed E-state index contributed by atoms with van der Waals surface area (Å²) in [5.74, 6) is 0.962. The third-order valence-electron chi connectivity index (χ3n) is 4.67. The Kier molecular flexibility index (Phi) is 9.39. The number of hydrogen-bond acceptors (Lipinski definition) is 5. The number of amides is 1. The van der Waals surface area contributed by atoms with Gasteiger partial charge < -0.3 is 15.8 Å². The predicted molar refractivity (Wildman–Crippen MR) is 104 cm³/mol. The lowest BCUT2D eigenvalue weighted by Gasteiger charge is -2.30. The standard InChI is InChI=1S/C18H28N2O4S.ClH/c1-25(22,23)16-9-7-15(8-10-16)24-12-11-18(21)20-17(13-19)14-5-3-2-4-6-14;/h7-10,14,17H,2-6,11-13,19H2,1H3,(H,20,21);1H. The fraction of sp³-hybridized carbons (Fsp3) is 0.611. The Labute approximate surface area is 162 Å². The molecular weight excluding hydrogens is 376 g/mol. The van der Waals surface area contributed by atoms with Gasteiger partial charge in [-0.3, -0.25) is 4.79 Å². The number of ether oxygens (including phenoxy) is 1. The molecule has 1 atom stereocenters.